The number of hydrogen-bond acceptors (Lipinski definition) is 4. The van der Waals surface area contributed by atoms with E-state index < -0.39 is 23.5 Å². The topological polar surface area (TPSA) is 72.6 Å². The first-order valence-electron chi connectivity index (χ1n) is 7.74. The molecule has 0 saturated heterocycles. The quantitative estimate of drug-likeness (QED) is 0.713. The van der Waals surface area contributed by atoms with E-state index in [-0.39, 0.29) is 29.2 Å². The number of halogens is 2. The van der Waals surface area contributed by atoms with E-state index in [1.807, 2.05) is 0 Å². The third-order valence-corrected chi connectivity index (χ3v) is 3.93. The molecule has 0 saturated carbocycles. The molecule has 1 N–H and O–H groups in total. The first kappa shape index (κ1) is 17.6. The lowest BCUT2D eigenvalue weighted by Crippen LogP contribution is -2.09. The highest BCUT2D eigenvalue weighted by molar-refractivity contribution is 5.73. The highest BCUT2D eigenvalue weighted by atomic mass is 19.1. The predicted molar refractivity (Wildman–Crippen MR) is 88.9 cm³/mol. The van der Waals surface area contributed by atoms with Gasteiger partial charge < -0.3 is 14.3 Å². The average molecular weight is 359 g/mol. The molecule has 0 fully saturated rings. The largest absolute Gasteiger partial charge is 0.496 e. The summed E-state index contributed by atoms with van der Waals surface area (Å²) in [6.07, 6.45) is 2.34. The van der Waals surface area contributed by atoms with Crippen LogP contribution in [-0.4, -0.2) is 23.2 Å². The second-order valence-corrected chi connectivity index (χ2v) is 5.61. The first-order valence-corrected chi connectivity index (χ1v) is 7.74. The number of hydrogen-bond donors (Lipinski definition) is 1. The summed E-state index contributed by atoms with van der Waals surface area (Å²) >= 11 is 0. The van der Waals surface area contributed by atoms with Gasteiger partial charge in [-0.15, -0.1) is 0 Å². The van der Waals surface area contributed by atoms with Crippen molar-refractivity contribution >= 4 is 5.97 Å². The van der Waals surface area contributed by atoms with E-state index >= 15 is 0 Å². The third kappa shape index (κ3) is 3.56. The van der Waals surface area contributed by atoms with Crippen LogP contribution in [0, 0.1) is 11.6 Å². The number of carboxylic acid groups (broad SMARTS) is 1. The molecule has 26 heavy (non-hydrogen) atoms. The van der Waals surface area contributed by atoms with Crippen LogP contribution in [0.3, 0.4) is 0 Å². The number of methoxy groups -OCH3 is 1. The molecule has 0 radical (unpaired) electrons. The number of nitrogens with zero attached hydrogens (tertiary/aromatic N) is 1. The number of rotatable bonds is 6. The maximum absolute atomic E-state index is 14.3. The van der Waals surface area contributed by atoms with Crippen LogP contribution in [0.15, 0.2) is 53.3 Å². The monoisotopic (exact) mass is 359 g/mol. The van der Waals surface area contributed by atoms with Gasteiger partial charge in [-0.3, -0.25) is 4.79 Å². The Morgan fingerprint density at radius 1 is 1.31 bits per heavy atom. The summed E-state index contributed by atoms with van der Waals surface area (Å²) in [5.41, 5.74) is 0.643. The molecule has 2 aromatic carbocycles. The Balaban J connectivity index is 2.15. The van der Waals surface area contributed by atoms with Crippen molar-refractivity contribution in [1.82, 2.24) is 4.98 Å². The molecule has 1 aromatic heterocycles. The summed E-state index contributed by atoms with van der Waals surface area (Å²) < 4.78 is 39.0. The van der Waals surface area contributed by atoms with Crippen LogP contribution in [0.4, 0.5) is 8.78 Å². The SMILES string of the molecule is COc1cccc(F)c1-c1cc(F)cc(C(CC(=O)O)c2ncco2)c1. The Morgan fingerprint density at radius 2 is 2.12 bits per heavy atom. The Morgan fingerprint density at radius 3 is 2.77 bits per heavy atom. The lowest BCUT2D eigenvalue weighted by Gasteiger charge is -2.15. The number of ether oxygens (including phenoxy) is 1. The molecule has 3 aromatic rings. The summed E-state index contributed by atoms with van der Waals surface area (Å²) in [6, 6.07) is 8.16. The van der Waals surface area contributed by atoms with Gasteiger partial charge in [-0.05, 0) is 41.5 Å². The number of benzene rings is 2. The third-order valence-electron chi connectivity index (χ3n) is 3.93. The molecule has 1 unspecified atom stereocenters. The standard InChI is InChI=1S/C19H15F2NO4/c1-25-16-4-2-3-15(21)18(16)12-7-11(8-13(20)9-12)14(10-17(23)24)19-22-5-6-26-19/h2-9,14H,10H2,1H3,(H,23,24). The van der Waals surface area contributed by atoms with E-state index in [1.54, 1.807) is 6.07 Å². The maximum atomic E-state index is 14.3. The number of oxazole rings is 1. The number of carboxylic acids is 1. The lowest BCUT2D eigenvalue weighted by molar-refractivity contribution is -0.137. The van der Waals surface area contributed by atoms with Crippen LogP contribution in [0.5, 0.6) is 5.75 Å². The molecular weight excluding hydrogens is 344 g/mol. The van der Waals surface area contributed by atoms with E-state index in [2.05, 4.69) is 4.98 Å². The zero-order chi connectivity index (χ0) is 18.7. The van der Waals surface area contributed by atoms with E-state index in [4.69, 9.17) is 9.15 Å². The van der Waals surface area contributed by atoms with Crippen LogP contribution in [-0.2, 0) is 4.79 Å². The van der Waals surface area contributed by atoms with E-state index in [0.717, 1.165) is 6.07 Å². The van der Waals surface area contributed by atoms with Crippen molar-refractivity contribution < 1.29 is 27.8 Å². The van der Waals surface area contributed by atoms with E-state index in [0.29, 0.717) is 5.56 Å². The molecule has 1 atom stereocenters. The summed E-state index contributed by atoms with van der Waals surface area (Å²) in [4.78, 5) is 15.2. The Kier molecular flexibility index (Phi) is 4.97. The molecule has 7 heteroatoms. The zero-order valence-corrected chi connectivity index (χ0v) is 13.8. The smallest absolute Gasteiger partial charge is 0.304 e. The van der Waals surface area contributed by atoms with Gasteiger partial charge in [0.1, 0.15) is 23.6 Å². The highest BCUT2D eigenvalue weighted by Gasteiger charge is 2.24. The minimum Gasteiger partial charge on any atom is -0.496 e. The van der Waals surface area contributed by atoms with Crippen LogP contribution >= 0.6 is 0 Å². The predicted octanol–water partition coefficient (Wildman–Crippen LogP) is 4.24. The molecule has 0 spiro atoms. The number of aromatic nitrogens is 1. The van der Waals surface area contributed by atoms with Gasteiger partial charge in [0.25, 0.3) is 0 Å². The van der Waals surface area contributed by atoms with Crippen molar-refractivity contribution in [3.05, 3.63) is 71.9 Å². The second-order valence-electron chi connectivity index (χ2n) is 5.61. The Bertz CT molecular complexity index is 925. The molecule has 0 aliphatic heterocycles. The Labute approximate surface area is 147 Å². The fourth-order valence-corrected chi connectivity index (χ4v) is 2.84. The molecule has 0 aliphatic carbocycles. The minimum absolute atomic E-state index is 0.0947. The molecule has 3 rings (SSSR count). The molecule has 0 bridgehead atoms. The van der Waals surface area contributed by atoms with Gasteiger partial charge in [-0.1, -0.05) is 6.07 Å². The van der Waals surface area contributed by atoms with Crippen LogP contribution < -0.4 is 4.74 Å². The molecular formula is C19H15F2NO4. The van der Waals surface area contributed by atoms with Crippen molar-refractivity contribution in [1.29, 1.82) is 0 Å². The number of aliphatic carboxylic acids is 1. The van der Waals surface area contributed by atoms with Crippen LogP contribution in [0.1, 0.15) is 23.8 Å². The minimum atomic E-state index is -1.09. The van der Waals surface area contributed by atoms with Crippen LogP contribution in [0.25, 0.3) is 11.1 Å². The Hall–Kier alpha value is -3.22. The van der Waals surface area contributed by atoms with Crippen molar-refractivity contribution in [2.75, 3.05) is 7.11 Å². The van der Waals surface area contributed by atoms with Gasteiger partial charge in [-0.25, -0.2) is 13.8 Å². The normalized spacial score (nSPS) is 12.0. The summed E-state index contributed by atoms with van der Waals surface area (Å²) in [7, 11) is 1.39. The van der Waals surface area contributed by atoms with Gasteiger partial charge >= 0.3 is 5.97 Å². The molecule has 0 amide bonds. The number of carbonyl (C=O) groups is 1. The zero-order valence-electron chi connectivity index (χ0n) is 13.8. The van der Waals surface area contributed by atoms with Gasteiger partial charge in [0.05, 0.1) is 31.2 Å². The van der Waals surface area contributed by atoms with E-state index in [9.17, 15) is 18.7 Å². The molecule has 0 aliphatic rings. The summed E-state index contributed by atoms with van der Waals surface area (Å²) in [5.74, 6) is -2.73. The molecule has 5 nitrogen and oxygen atoms in total. The summed E-state index contributed by atoms with van der Waals surface area (Å²) in [6.45, 7) is 0. The second kappa shape index (κ2) is 7.35. The van der Waals surface area contributed by atoms with Gasteiger partial charge in [0, 0.05) is 0 Å². The fourth-order valence-electron chi connectivity index (χ4n) is 2.84. The summed E-state index contributed by atoms with van der Waals surface area (Å²) in [5, 5.41) is 9.18. The van der Waals surface area contributed by atoms with E-state index in [1.165, 1.54) is 43.8 Å². The molecule has 134 valence electrons. The maximum Gasteiger partial charge on any atom is 0.304 e. The van der Waals surface area contributed by atoms with Crippen molar-refractivity contribution in [3.63, 3.8) is 0 Å². The van der Waals surface area contributed by atoms with Crippen molar-refractivity contribution in [3.8, 4) is 16.9 Å². The van der Waals surface area contributed by atoms with Crippen LogP contribution in [0.2, 0.25) is 0 Å². The van der Waals surface area contributed by atoms with Crippen molar-refractivity contribution in [2.45, 2.75) is 12.3 Å². The lowest BCUT2D eigenvalue weighted by atomic mass is 9.92. The van der Waals surface area contributed by atoms with Gasteiger partial charge in [-0.2, -0.15) is 0 Å². The fraction of sp³-hybridized carbons (Fsp3) is 0.158. The first-order chi connectivity index (χ1) is 12.5. The van der Waals surface area contributed by atoms with Crippen molar-refractivity contribution in [2.24, 2.45) is 0 Å². The van der Waals surface area contributed by atoms with Gasteiger partial charge in [0.2, 0.25) is 5.89 Å². The molecule has 1 heterocycles. The van der Waals surface area contributed by atoms with Gasteiger partial charge in [0.15, 0.2) is 0 Å². The highest BCUT2D eigenvalue weighted by Crippen LogP contribution is 2.36. The average Bonchev–Trinajstić information content (AvgIpc) is 3.12.